The van der Waals surface area contributed by atoms with Crippen molar-refractivity contribution in [2.45, 2.75) is 51.6 Å². The van der Waals surface area contributed by atoms with Gasteiger partial charge in [0.25, 0.3) is 0 Å². The lowest BCUT2D eigenvalue weighted by Crippen LogP contribution is -2.24. The van der Waals surface area contributed by atoms with E-state index in [4.69, 9.17) is 0 Å². The number of imidazole rings is 1. The van der Waals surface area contributed by atoms with Gasteiger partial charge in [-0.05, 0) is 37.0 Å². The van der Waals surface area contributed by atoms with Gasteiger partial charge in [0.15, 0.2) is 0 Å². The van der Waals surface area contributed by atoms with Crippen molar-refractivity contribution in [1.29, 1.82) is 0 Å². The van der Waals surface area contributed by atoms with Gasteiger partial charge in [-0.2, -0.15) is 0 Å². The molecule has 0 unspecified atom stereocenters. The van der Waals surface area contributed by atoms with Crippen LogP contribution in [-0.2, 0) is 6.54 Å². The molecule has 0 aliphatic heterocycles. The van der Waals surface area contributed by atoms with Gasteiger partial charge >= 0.3 is 0 Å². The molecule has 1 N–H and O–H groups in total. The molecule has 2 aromatic heterocycles. The van der Waals surface area contributed by atoms with Crippen molar-refractivity contribution in [3.05, 3.63) is 42.0 Å². The van der Waals surface area contributed by atoms with Gasteiger partial charge in [0.2, 0.25) is 5.95 Å². The van der Waals surface area contributed by atoms with Crippen molar-refractivity contribution in [3.63, 3.8) is 0 Å². The van der Waals surface area contributed by atoms with Crippen LogP contribution in [0.25, 0.3) is 0 Å². The first kappa shape index (κ1) is 13.2. The number of nitrogens with zero attached hydrogens (tertiary/aromatic N) is 3. The molecule has 0 amide bonds. The van der Waals surface area contributed by atoms with Gasteiger partial charge in [0, 0.05) is 30.8 Å². The average Bonchev–Trinajstić information content (AvgIpc) is 2.90. The highest BCUT2D eigenvalue weighted by Gasteiger charge is 2.15. The molecule has 0 bridgehead atoms. The molecule has 4 nitrogen and oxygen atoms in total. The molecule has 1 aliphatic rings. The molecule has 3 rings (SSSR count). The van der Waals surface area contributed by atoms with E-state index in [0.717, 1.165) is 12.5 Å². The smallest absolute Gasteiger partial charge is 0.203 e. The number of aryl methyl sites for hydroxylation is 1. The van der Waals surface area contributed by atoms with Crippen molar-refractivity contribution in [3.8, 4) is 0 Å². The van der Waals surface area contributed by atoms with Gasteiger partial charge in [-0.1, -0.05) is 19.3 Å². The third kappa shape index (κ3) is 3.00. The van der Waals surface area contributed by atoms with E-state index >= 15 is 0 Å². The van der Waals surface area contributed by atoms with Crippen LogP contribution in [0.4, 0.5) is 5.95 Å². The quantitative estimate of drug-likeness (QED) is 0.926. The van der Waals surface area contributed by atoms with Gasteiger partial charge in [-0.25, -0.2) is 4.98 Å². The van der Waals surface area contributed by atoms with Crippen LogP contribution >= 0.6 is 0 Å². The van der Waals surface area contributed by atoms with E-state index in [0.29, 0.717) is 6.04 Å². The first-order valence-electron chi connectivity index (χ1n) is 7.50. The van der Waals surface area contributed by atoms with Crippen molar-refractivity contribution >= 4 is 5.95 Å². The summed E-state index contributed by atoms with van der Waals surface area (Å²) in [7, 11) is 0. The van der Waals surface area contributed by atoms with E-state index in [1.807, 2.05) is 24.8 Å². The van der Waals surface area contributed by atoms with E-state index in [1.54, 1.807) is 0 Å². The highest BCUT2D eigenvalue weighted by atomic mass is 15.2. The average molecular weight is 270 g/mol. The molecule has 106 valence electrons. The molecule has 0 atom stereocenters. The molecule has 1 aliphatic carbocycles. The van der Waals surface area contributed by atoms with Crippen molar-refractivity contribution < 1.29 is 0 Å². The number of hydrogen-bond donors (Lipinski definition) is 1. The lowest BCUT2D eigenvalue weighted by molar-refractivity contribution is 0.459. The minimum atomic E-state index is 0.583. The van der Waals surface area contributed by atoms with Gasteiger partial charge in [0.1, 0.15) is 0 Å². The Morgan fingerprint density at radius 2 is 2.10 bits per heavy atom. The molecule has 0 spiro atoms. The number of rotatable bonds is 4. The second-order valence-corrected chi connectivity index (χ2v) is 5.66. The molecular weight excluding hydrogens is 248 g/mol. The topological polar surface area (TPSA) is 42.7 Å². The molecule has 0 aromatic carbocycles. The zero-order valence-corrected chi connectivity index (χ0v) is 12.0. The summed E-state index contributed by atoms with van der Waals surface area (Å²) < 4.78 is 2.18. The highest BCUT2D eigenvalue weighted by Crippen LogP contribution is 2.21. The standard InChI is InChI=1S/C16H22N4/c1-13-7-8-17-11-14(13)12-20-10-9-18-16(20)19-15-5-3-2-4-6-15/h7-11,15H,2-6,12H2,1H3,(H,18,19). The molecule has 0 saturated heterocycles. The Morgan fingerprint density at radius 3 is 2.90 bits per heavy atom. The molecule has 2 aromatic rings. The summed E-state index contributed by atoms with van der Waals surface area (Å²) in [5.74, 6) is 0.986. The number of nitrogens with one attached hydrogen (secondary N) is 1. The Labute approximate surface area is 120 Å². The third-order valence-electron chi connectivity index (χ3n) is 4.14. The van der Waals surface area contributed by atoms with Gasteiger partial charge in [-0.15, -0.1) is 0 Å². The SMILES string of the molecule is Cc1ccncc1Cn1ccnc1NC1CCCCC1. The lowest BCUT2D eigenvalue weighted by Gasteiger charge is -2.23. The number of aromatic nitrogens is 3. The minimum Gasteiger partial charge on any atom is -0.353 e. The summed E-state index contributed by atoms with van der Waals surface area (Å²) in [5, 5.41) is 3.60. The third-order valence-corrected chi connectivity index (χ3v) is 4.14. The number of anilines is 1. The van der Waals surface area contributed by atoms with Crippen LogP contribution in [-0.4, -0.2) is 20.6 Å². The maximum absolute atomic E-state index is 4.47. The fraction of sp³-hybridized carbons (Fsp3) is 0.500. The van der Waals surface area contributed by atoms with Crippen LogP contribution in [0.1, 0.15) is 43.2 Å². The largest absolute Gasteiger partial charge is 0.353 e. The van der Waals surface area contributed by atoms with Crippen molar-refractivity contribution in [2.75, 3.05) is 5.32 Å². The summed E-state index contributed by atoms with van der Waals surface area (Å²) in [5.41, 5.74) is 2.52. The highest BCUT2D eigenvalue weighted by molar-refractivity contribution is 5.30. The van der Waals surface area contributed by atoms with Crippen molar-refractivity contribution in [2.24, 2.45) is 0 Å². The minimum absolute atomic E-state index is 0.583. The maximum Gasteiger partial charge on any atom is 0.203 e. The fourth-order valence-electron chi connectivity index (χ4n) is 2.85. The van der Waals surface area contributed by atoms with E-state index in [1.165, 1.54) is 43.2 Å². The second kappa shape index (κ2) is 6.07. The summed E-state index contributed by atoms with van der Waals surface area (Å²) in [4.78, 5) is 8.68. The monoisotopic (exact) mass is 270 g/mol. The lowest BCUT2D eigenvalue weighted by atomic mass is 9.96. The van der Waals surface area contributed by atoms with E-state index in [9.17, 15) is 0 Å². The molecule has 4 heteroatoms. The van der Waals surface area contributed by atoms with Crippen LogP contribution in [0.5, 0.6) is 0 Å². The Balaban J connectivity index is 1.71. The van der Waals surface area contributed by atoms with Gasteiger partial charge in [-0.3, -0.25) is 4.98 Å². The van der Waals surface area contributed by atoms with Crippen LogP contribution in [0.15, 0.2) is 30.9 Å². The fourth-order valence-corrected chi connectivity index (χ4v) is 2.85. The van der Waals surface area contributed by atoms with Crippen molar-refractivity contribution in [1.82, 2.24) is 14.5 Å². The summed E-state index contributed by atoms with van der Waals surface area (Å²) >= 11 is 0. The first-order chi connectivity index (χ1) is 9.83. The van der Waals surface area contributed by atoms with E-state index in [-0.39, 0.29) is 0 Å². The predicted molar refractivity (Wildman–Crippen MR) is 80.8 cm³/mol. The zero-order valence-electron chi connectivity index (χ0n) is 12.0. The molecule has 20 heavy (non-hydrogen) atoms. The Hall–Kier alpha value is -1.84. The number of pyridine rings is 1. The maximum atomic E-state index is 4.47. The Kier molecular flexibility index (Phi) is 4.00. The summed E-state index contributed by atoms with van der Waals surface area (Å²) in [6.45, 7) is 2.96. The molecular formula is C16H22N4. The Bertz CT molecular complexity index is 555. The van der Waals surface area contributed by atoms with E-state index < -0.39 is 0 Å². The summed E-state index contributed by atoms with van der Waals surface area (Å²) in [6.07, 6.45) is 14.3. The zero-order chi connectivity index (χ0) is 13.8. The van der Waals surface area contributed by atoms with Crippen LogP contribution in [0, 0.1) is 6.92 Å². The van der Waals surface area contributed by atoms with Gasteiger partial charge in [0.05, 0.1) is 6.54 Å². The normalized spacial score (nSPS) is 16.2. The predicted octanol–water partition coefficient (Wildman–Crippen LogP) is 3.38. The second-order valence-electron chi connectivity index (χ2n) is 5.66. The summed E-state index contributed by atoms with van der Waals surface area (Å²) in [6, 6.07) is 2.64. The molecule has 0 radical (unpaired) electrons. The van der Waals surface area contributed by atoms with E-state index in [2.05, 4.69) is 32.8 Å². The van der Waals surface area contributed by atoms with Gasteiger partial charge < -0.3 is 9.88 Å². The van der Waals surface area contributed by atoms with Crippen LogP contribution in [0.3, 0.4) is 0 Å². The van der Waals surface area contributed by atoms with Crippen LogP contribution < -0.4 is 5.32 Å². The molecule has 1 saturated carbocycles. The molecule has 1 fully saturated rings. The molecule has 2 heterocycles. The Morgan fingerprint density at radius 1 is 1.25 bits per heavy atom. The number of hydrogen-bond acceptors (Lipinski definition) is 3. The van der Waals surface area contributed by atoms with Crippen LogP contribution in [0.2, 0.25) is 0 Å². The first-order valence-corrected chi connectivity index (χ1v) is 7.50.